The minimum absolute atomic E-state index is 0.00668. The van der Waals surface area contributed by atoms with Gasteiger partial charge in [0.1, 0.15) is 5.15 Å². The molecule has 3 atom stereocenters. The number of hydrogen-bond donors (Lipinski definition) is 2. The van der Waals surface area contributed by atoms with Gasteiger partial charge in [-0.15, -0.1) is 0 Å². The van der Waals surface area contributed by atoms with Crippen molar-refractivity contribution >= 4 is 29.4 Å². The van der Waals surface area contributed by atoms with Crippen molar-refractivity contribution in [3.05, 3.63) is 29.0 Å². The number of halogens is 1. The second kappa shape index (κ2) is 9.54. The number of primary amides is 1. The number of carbonyl (C=O) groups is 3. The van der Waals surface area contributed by atoms with E-state index in [9.17, 15) is 19.5 Å². The summed E-state index contributed by atoms with van der Waals surface area (Å²) in [5.74, 6) is -1.19. The van der Waals surface area contributed by atoms with Crippen molar-refractivity contribution < 1.29 is 19.5 Å². The summed E-state index contributed by atoms with van der Waals surface area (Å²) < 4.78 is 0. The number of hydrogen-bond acceptors (Lipinski definition) is 5. The fraction of sp³-hybridized carbons (Fsp3) is 0.600. The first kappa shape index (κ1) is 21.5. The highest BCUT2D eigenvalue weighted by Crippen LogP contribution is 2.31. The maximum Gasteiger partial charge on any atom is 0.303 e. The number of likely N-dealkylation sites (tertiary alicyclic amines) is 2. The molecule has 2 aliphatic heterocycles. The topological polar surface area (TPSA) is 117 Å². The molecule has 2 fully saturated rings. The quantitative estimate of drug-likeness (QED) is 0.645. The molecule has 1 aromatic heterocycles. The molecule has 9 heteroatoms. The maximum atomic E-state index is 12.9. The summed E-state index contributed by atoms with van der Waals surface area (Å²) in [6.07, 6.45) is 4.66. The van der Waals surface area contributed by atoms with Crippen LogP contribution in [-0.4, -0.2) is 69.9 Å². The van der Waals surface area contributed by atoms with Crippen molar-refractivity contribution in [1.29, 1.82) is 0 Å². The Kier molecular flexibility index (Phi) is 7.08. The van der Waals surface area contributed by atoms with Crippen molar-refractivity contribution in [2.24, 2.45) is 17.6 Å². The molecule has 3 heterocycles. The molecule has 2 aliphatic rings. The van der Waals surface area contributed by atoms with Crippen molar-refractivity contribution in [2.75, 3.05) is 26.2 Å². The van der Waals surface area contributed by atoms with Crippen LogP contribution in [0, 0.1) is 11.8 Å². The van der Waals surface area contributed by atoms with E-state index < -0.39 is 5.97 Å². The lowest BCUT2D eigenvalue weighted by Crippen LogP contribution is -2.46. The summed E-state index contributed by atoms with van der Waals surface area (Å²) in [6.45, 7) is 2.51. The third kappa shape index (κ3) is 5.45. The Labute approximate surface area is 175 Å². The van der Waals surface area contributed by atoms with Gasteiger partial charge in [0.2, 0.25) is 5.91 Å². The van der Waals surface area contributed by atoms with Crippen LogP contribution in [0.25, 0.3) is 0 Å². The van der Waals surface area contributed by atoms with Gasteiger partial charge in [-0.3, -0.25) is 19.3 Å². The highest BCUT2D eigenvalue weighted by molar-refractivity contribution is 6.29. The summed E-state index contributed by atoms with van der Waals surface area (Å²) >= 11 is 5.91. The minimum atomic E-state index is -0.822. The number of aromatic nitrogens is 1. The molecule has 8 nitrogen and oxygen atoms in total. The average Bonchev–Trinajstić information content (AvgIpc) is 3.15. The molecule has 0 bridgehead atoms. The van der Waals surface area contributed by atoms with Gasteiger partial charge in [0, 0.05) is 31.3 Å². The number of carboxylic acid groups (broad SMARTS) is 1. The van der Waals surface area contributed by atoms with Crippen LogP contribution in [0.5, 0.6) is 0 Å². The molecule has 158 valence electrons. The van der Waals surface area contributed by atoms with E-state index in [1.54, 1.807) is 17.0 Å². The number of piperidine rings is 1. The first-order chi connectivity index (χ1) is 13.8. The number of pyridine rings is 1. The molecule has 29 heavy (non-hydrogen) atoms. The lowest BCUT2D eigenvalue weighted by Gasteiger charge is -2.39. The molecule has 3 rings (SSSR count). The molecule has 3 unspecified atom stereocenters. The Bertz CT molecular complexity index is 775. The summed E-state index contributed by atoms with van der Waals surface area (Å²) in [5, 5.41) is 9.55. The zero-order valence-electron chi connectivity index (χ0n) is 16.3. The van der Waals surface area contributed by atoms with Crippen LogP contribution in [0.4, 0.5) is 0 Å². The van der Waals surface area contributed by atoms with E-state index in [1.807, 2.05) is 0 Å². The summed E-state index contributed by atoms with van der Waals surface area (Å²) in [5.41, 5.74) is 5.98. The number of amides is 2. The summed E-state index contributed by atoms with van der Waals surface area (Å²) in [4.78, 5) is 43.6. The first-order valence-electron chi connectivity index (χ1n) is 10.0. The van der Waals surface area contributed by atoms with E-state index >= 15 is 0 Å². The number of nitrogens with two attached hydrogens (primary N) is 1. The highest BCUT2D eigenvalue weighted by atomic mass is 35.5. The van der Waals surface area contributed by atoms with E-state index in [4.69, 9.17) is 17.3 Å². The third-order valence-corrected chi connectivity index (χ3v) is 6.27. The molecule has 0 saturated carbocycles. The second-order valence-corrected chi connectivity index (χ2v) is 8.30. The lowest BCUT2D eigenvalue weighted by molar-refractivity contribution is -0.139. The van der Waals surface area contributed by atoms with Crippen LogP contribution >= 0.6 is 11.6 Å². The van der Waals surface area contributed by atoms with Crippen molar-refractivity contribution in [2.45, 2.75) is 38.1 Å². The standard InChI is InChI=1S/C20H27ClN4O4/c21-17-10-14(3-6-23-17)20(29)25-9-4-13(11-18(26)27)15(12-25)5-8-24-7-1-2-16(24)19(22)28/h3,6,10,13,15-16H,1-2,4-5,7-9,11-12H2,(H2,22,28)(H,26,27). The molecule has 0 spiro atoms. The monoisotopic (exact) mass is 422 g/mol. The molecule has 1 aromatic rings. The SMILES string of the molecule is NC(=O)C1CCCN1CCC1CN(C(=O)c2ccnc(Cl)c2)CCC1CC(=O)O. The molecular formula is C20H27ClN4O4. The fourth-order valence-corrected chi connectivity index (χ4v) is 4.72. The van der Waals surface area contributed by atoms with E-state index in [1.165, 1.54) is 6.20 Å². The van der Waals surface area contributed by atoms with Gasteiger partial charge in [-0.1, -0.05) is 11.6 Å². The zero-order valence-corrected chi connectivity index (χ0v) is 17.1. The van der Waals surface area contributed by atoms with Crippen LogP contribution in [0.15, 0.2) is 18.3 Å². The van der Waals surface area contributed by atoms with Crippen LogP contribution in [-0.2, 0) is 9.59 Å². The number of nitrogens with zero attached hydrogens (tertiary/aromatic N) is 3. The minimum Gasteiger partial charge on any atom is -0.481 e. The predicted octanol–water partition coefficient (Wildman–Crippen LogP) is 1.63. The van der Waals surface area contributed by atoms with Gasteiger partial charge in [0.15, 0.2) is 0 Å². The highest BCUT2D eigenvalue weighted by Gasteiger charge is 2.35. The van der Waals surface area contributed by atoms with Gasteiger partial charge >= 0.3 is 5.97 Å². The Morgan fingerprint density at radius 1 is 1.24 bits per heavy atom. The van der Waals surface area contributed by atoms with Crippen molar-refractivity contribution in [3.63, 3.8) is 0 Å². The van der Waals surface area contributed by atoms with Gasteiger partial charge in [-0.2, -0.15) is 0 Å². The number of carbonyl (C=O) groups excluding carboxylic acids is 2. The van der Waals surface area contributed by atoms with Gasteiger partial charge < -0.3 is 15.7 Å². The van der Waals surface area contributed by atoms with Crippen molar-refractivity contribution in [1.82, 2.24) is 14.8 Å². The third-order valence-electron chi connectivity index (χ3n) is 6.07. The fourth-order valence-electron chi connectivity index (χ4n) is 4.55. The molecular weight excluding hydrogens is 396 g/mol. The molecule has 2 amide bonds. The molecule has 3 N–H and O–H groups in total. The average molecular weight is 423 g/mol. The summed E-state index contributed by atoms with van der Waals surface area (Å²) in [7, 11) is 0. The molecule has 0 radical (unpaired) electrons. The van der Waals surface area contributed by atoms with Gasteiger partial charge in [0.05, 0.1) is 6.04 Å². The van der Waals surface area contributed by atoms with Gasteiger partial charge in [-0.25, -0.2) is 4.98 Å². The van der Waals surface area contributed by atoms with E-state index in [2.05, 4.69) is 9.88 Å². The Balaban J connectivity index is 1.67. The molecule has 2 saturated heterocycles. The smallest absolute Gasteiger partial charge is 0.303 e. The maximum absolute atomic E-state index is 12.9. The van der Waals surface area contributed by atoms with Crippen molar-refractivity contribution in [3.8, 4) is 0 Å². The Morgan fingerprint density at radius 3 is 2.72 bits per heavy atom. The van der Waals surface area contributed by atoms with Gasteiger partial charge in [-0.05, 0) is 62.7 Å². The summed E-state index contributed by atoms with van der Waals surface area (Å²) in [6, 6.07) is 2.94. The molecule has 0 aromatic carbocycles. The van der Waals surface area contributed by atoms with E-state index in [0.717, 1.165) is 25.8 Å². The molecule has 0 aliphatic carbocycles. The number of carboxylic acids is 1. The first-order valence-corrected chi connectivity index (χ1v) is 10.4. The van der Waals surface area contributed by atoms with Crippen LogP contribution in [0.1, 0.15) is 42.5 Å². The van der Waals surface area contributed by atoms with Gasteiger partial charge in [0.25, 0.3) is 5.91 Å². The van der Waals surface area contributed by atoms with Crippen LogP contribution in [0.3, 0.4) is 0 Å². The van der Waals surface area contributed by atoms with E-state index in [0.29, 0.717) is 31.6 Å². The lowest BCUT2D eigenvalue weighted by atomic mass is 9.81. The van der Waals surface area contributed by atoms with Crippen LogP contribution < -0.4 is 5.73 Å². The number of aliphatic carboxylic acids is 1. The Hall–Kier alpha value is -2.19. The zero-order chi connectivity index (χ0) is 21.0. The predicted molar refractivity (Wildman–Crippen MR) is 107 cm³/mol. The normalized spacial score (nSPS) is 25.1. The van der Waals surface area contributed by atoms with E-state index in [-0.39, 0.29) is 41.3 Å². The van der Waals surface area contributed by atoms with Crippen LogP contribution in [0.2, 0.25) is 5.15 Å². The number of rotatable bonds is 7. The second-order valence-electron chi connectivity index (χ2n) is 7.91. The largest absolute Gasteiger partial charge is 0.481 e. The Morgan fingerprint density at radius 2 is 2.03 bits per heavy atom.